The Kier molecular flexibility index (Phi) is 14.4. The molecule has 0 heterocycles. The third-order valence-electron chi connectivity index (χ3n) is 0.685. The number of hydrogen-bond acceptors (Lipinski definition) is 1. The highest BCUT2D eigenvalue weighted by Gasteiger charge is 1.74. The highest BCUT2D eigenvalue weighted by molar-refractivity contribution is 9.11. The van der Waals surface area contributed by atoms with E-state index in [1.165, 1.54) is 0 Å². The van der Waals surface area contributed by atoms with Gasteiger partial charge in [0, 0.05) is 11.5 Å². The van der Waals surface area contributed by atoms with Gasteiger partial charge in [0.15, 0.2) is 0 Å². The summed E-state index contributed by atoms with van der Waals surface area (Å²) >= 11 is 3.31. The van der Waals surface area contributed by atoms with Crippen molar-refractivity contribution in [3.05, 3.63) is 22.8 Å². The van der Waals surface area contributed by atoms with Gasteiger partial charge in [0.2, 0.25) is 0 Å². The van der Waals surface area contributed by atoms with Crippen molar-refractivity contribution >= 4 is 15.9 Å². The molecule has 0 radical (unpaired) electrons. The number of rotatable bonds is 2. The molecule has 60 valence electrons. The molecule has 1 N–H and O–H groups in total. The van der Waals surface area contributed by atoms with Crippen molar-refractivity contribution in [3.8, 4) is 0 Å². The monoisotopic (exact) mass is 205 g/mol. The van der Waals surface area contributed by atoms with E-state index in [9.17, 15) is 0 Å². The number of allylic oxidation sites excluding steroid dienone is 3. The van der Waals surface area contributed by atoms with Crippen molar-refractivity contribution in [1.29, 1.82) is 0 Å². The first kappa shape index (κ1) is 12.4. The zero-order valence-electron chi connectivity index (χ0n) is 7.11. The van der Waals surface area contributed by atoms with Gasteiger partial charge in [0.25, 0.3) is 0 Å². The first-order valence-electron chi connectivity index (χ1n) is 3.47. The lowest BCUT2D eigenvalue weighted by molar-refractivity contribution is 1.10. The summed E-state index contributed by atoms with van der Waals surface area (Å²) in [6, 6.07) is 0. The molecule has 0 saturated carbocycles. The Morgan fingerprint density at radius 2 is 1.90 bits per heavy atom. The van der Waals surface area contributed by atoms with E-state index in [4.69, 9.17) is 0 Å². The largest absolute Gasteiger partial charge is 0.394 e. The summed E-state index contributed by atoms with van der Waals surface area (Å²) in [5, 5.41) is 2.88. The fourth-order valence-electron chi connectivity index (χ4n) is 0.259. The van der Waals surface area contributed by atoms with Crippen LogP contribution in [0.2, 0.25) is 0 Å². The molecule has 0 fully saturated rings. The summed E-state index contributed by atoms with van der Waals surface area (Å²) in [6.07, 6.45) is 5.79. The molecule has 10 heavy (non-hydrogen) atoms. The minimum atomic E-state index is 1.09. The van der Waals surface area contributed by atoms with Crippen LogP contribution in [-0.4, -0.2) is 7.05 Å². The Morgan fingerprint density at radius 1 is 1.40 bits per heavy atom. The standard InChI is InChI=1S/C6H10BrN.C2H6/c1-3-6(7)4-5-8-2;1-2/h3-5,8H,1-2H3;1-2H3/b5-4-,6-3+;. The molecule has 0 aliphatic heterocycles. The van der Waals surface area contributed by atoms with Crippen molar-refractivity contribution in [2.45, 2.75) is 20.8 Å². The average molecular weight is 206 g/mol. The number of halogens is 1. The van der Waals surface area contributed by atoms with Gasteiger partial charge >= 0.3 is 0 Å². The van der Waals surface area contributed by atoms with Gasteiger partial charge in [-0.2, -0.15) is 0 Å². The quantitative estimate of drug-likeness (QED) is 0.684. The van der Waals surface area contributed by atoms with E-state index in [1.54, 1.807) is 0 Å². The van der Waals surface area contributed by atoms with Gasteiger partial charge < -0.3 is 5.32 Å². The van der Waals surface area contributed by atoms with Gasteiger partial charge in [0.1, 0.15) is 0 Å². The summed E-state index contributed by atoms with van der Waals surface area (Å²) in [5.74, 6) is 0. The molecule has 0 aliphatic rings. The molecule has 0 atom stereocenters. The summed E-state index contributed by atoms with van der Waals surface area (Å²) in [6.45, 7) is 5.98. The van der Waals surface area contributed by atoms with E-state index in [0.717, 1.165) is 4.48 Å². The van der Waals surface area contributed by atoms with Crippen molar-refractivity contribution in [2.75, 3.05) is 7.05 Å². The predicted molar refractivity (Wildman–Crippen MR) is 52.2 cm³/mol. The van der Waals surface area contributed by atoms with Crippen molar-refractivity contribution in [2.24, 2.45) is 0 Å². The first-order valence-corrected chi connectivity index (χ1v) is 4.26. The lowest BCUT2D eigenvalue weighted by atomic mass is 10.5. The molecule has 0 unspecified atom stereocenters. The zero-order chi connectivity index (χ0) is 8.41. The molecule has 0 aromatic rings. The number of hydrogen-bond donors (Lipinski definition) is 1. The maximum atomic E-state index is 3.31. The molecule has 0 amide bonds. The Balaban J connectivity index is 0. The highest BCUT2D eigenvalue weighted by Crippen LogP contribution is 2.03. The van der Waals surface area contributed by atoms with Gasteiger partial charge in [-0.15, -0.1) is 0 Å². The van der Waals surface area contributed by atoms with Crippen LogP contribution >= 0.6 is 15.9 Å². The smallest absolute Gasteiger partial charge is 0.0146 e. The Labute approximate surface area is 72.3 Å². The van der Waals surface area contributed by atoms with Gasteiger partial charge in [-0.05, 0) is 19.2 Å². The topological polar surface area (TPSA) is 12.0 Å². The third-order valence-corrected chi connectivity index (χ3v) is 1.41. The minimum Gasteiger partial charge on any atom is -0.394 e. The predicted octanol–water partition coefficient (Wildman–Crippen LogP) is 3.04. The molecular formula is C8H16BrN. The minimum absolute atomic E-state index is 1.09. The molecule has 0 aromatic heterocycles. The maximum Gasteiger partial charge on any atom is 0.0146 e. The second-order valence-electron chi connectivity index (χ2n) is 1.30. The van der Waals surface area contributed by atoms with Gasteiger partial charge in [-0.1, -0.05) is 35.9 Å². The summed E-state index contributed by atoms with van der Waals surface area (Å²) in [7, 11) is 1.87. The first-order chi connectivity index (χ1) is 4.81. The fourth-order valence-corrected chi connectivity index (χ4v) is 0.391. The summed E-state index contributed by atoms with van der Waals surface area (Å²) in [5.41, 5.74) is 0. The van der Waals surface area contributed by atoms with Crippen LogP contribution in [0.4, 0.5) is 0 Å². The van der Waals surface area contributed by atoms with E-state index in [-0.39, 0.29) is 0 Å². The molecule has 0 aliphatic carbocycles. The second-order valence-corrected chi connectivity index (χ2v) is 2.21. The third kappa shape index (κ3) is 10.7. The van der Waals surface area contributed by atoms with Crippen molar-refractivity contribution in [3.63, 3.8) is 0 Å². The number of nitrogens with one attached hydrogen (secondary N) is 1. The van der Waals surface area contributed by atoms with Crippen LogP contribution in [0.3, 0.4) is 0 Å². The molecule has 0 spiro atoms. The fraction of sp³-hybridized carbons (Fsp3) is 0.500. The molecular weight excluding hydrogens is 190 g/mol. The van der Waals surface area contributed by atoms with E-state index in [2.05, 4.69) is 21.2 Å². The lowest BCUT2D eigenvalue weighted by Gasteiger charge is -1.84. The van der Waals surface area contributed by atoms with E-state index < -0.39 is 0 Å². The molecule has 2 heteroatoms. The van der Waals surface area contributed by atoms with Gasteiger partial charge in [-0.3, -0.25) is 0 Å². The highest BCUT2D eigenvalue weighted by atomic mass is 79.9. The van der Waals surface area contributed by atoms with Crippen LogP contribution in [0.25, 0.3) is 0 Å². The lowest BCUT2D eigenvalue weighted by Crippen LogP contribution is -1.90. The van der Waals surface area contributed by atoms with Crippen molar-refractivity contribution in [1.82, 2.24) is 5.32 Å². The van der Waals surface area contributed by atoms with Crippen LogP contribution in [0.15, 0.2) is 22.8 Å². The normalized spacial score (nSPS) is 10.7. The SMILES string of the molecule is C/C=C(Br)\C=C/NC.CC. The molecule has 0 aromatic carbocycles. The van der Waals surface area contributed by atoms with Crippen molar-refractivity contribution < 1.29 is 0 Å². The summed E-state index contributed by atoms with van der Waals surface area (Å²) in [4.78, 5) is 0. The molecule has 0 rings (SSSR count). The van der Waals surface area contributed by atoms with Crippen LogP contribution in [-0.2, 0) is 0 Å². The van der Waals surface area contributed by atoms with Crippen LogP contribution in [0.5, 0.6) is 0 Å². The van der Waals surface area contributed by atoms with Crippen LogP contribution < -0.4 is 5.32 Å². The molecule has 1 nitrogen and oxygen atoms in total. The van der Waals surface area contributed by atoms with Crippen LogP contribution in [0, 0.1) is 0 Å². The Hall–Kier alpha value is -0.240. The van der Waals surface area contributed by atoms with E-state index >= 15 is 0 Å². The van der Waals surface area contributed by atoms with Gasteiger partial charge in [0.05, 0.1) is 0 Å². The molecule has 0 bridgehead atoms. The van der Waals surface area contributed by atoms with E-state index in [1.807, 2.05) is 46.2 Å². The average Bonchev–Trinajstić information content (AvgIpc) is 2.04. The van der Waals surface area contributed by atoms with Gasteiger partial charge in [-0.25, -0.2) is 0 Å². The maximum absolute atomic E-state index is 3.31. The Bertz CT molecular complexity index is 106. The molecule has 0 saturated heterocycles. The van der Waals surface area contributed by atoms with E-state index in [0.29, 0.717) is 0 Å². The summed E-state index contributed by atoms with van der Waals surface area (Å²) < 4.78 is 1.09. The Morgan fingerprint density at radius 3 is 2.20 bits per heavy atom. The zero-order valence-corrected chi connectivity index (χ0v) is 8.70. The van der Waals surface area contributed by atoms with Crippen LogP contribution in [0.1, 0.15) is 20.8 Å². The second kappa shape index (κ2) is 11.5.